The van der Waals surface area contributed by atoms with Crippen LogP contribution in [0.4, 0.5) is 5.69 Å². The van der Waals surface area contributed by atoms with Crippen LogP contribution in [0.25, 0.3) is 0 Å². The van der Waals surface area contributed by atoms with Gasteiger partial charge >= 0.3 is 5.97 Å². The van der Waals surface area contributed by atoms with Crippen molar-refractivity contribution in [3.8, 4) is 11.5 Å². The first-order valence-electron chi connectivity index (χ1n) is 9.42. The van der Waals surface area contributed by atoms with Gasteiger partial charge in [0.05, 0.1) is 23.8 Å². The van der Waals surface area contributed by atoms with Gasteiger partial charge in [0.15, 0.2) is 11.5 Å². The number of nitrogens with one attached hydrogen (secondary N) is 1. The molecule has 3 rings (SSSR count). The van der Waals surface area contributed by atoms with Crippen molar-refractivity contribution in [2.75, 3.05) is 7.11 Å². The van der Waals surface area contributed by atoms with Gasteiger partial charge in [0.1, 0.15) is 0 Å². The van der Waals surface area contributed by atoms with E-state index in [4.69, 9.17) is 9.47 Å². The maximum atomic E-state index is 12.4. The van der Waals surface area contributed by atoms with Gasteiger partial charge in [0.25, 0.3) is 11.6 Å². The van der Waals surface area contributed by atoms with E-state index in [1.807, 2.05) is 19.1 Å². The summed E-state index contributed by atoms with van der Waals surface area (Å²) in [4.78, 5) is 34.9. The van der Waals surface area contributed by atoms with Crippen molar-refractivity contribution in [2.24, 2.45) is 5.10 Å². The predicted octanol–water partition coefficient (Wildman–Crippen LogP) is 3.89. The third-order valence-corrected chi connectivity index (χ3v) is 4.45. The Labute approximate surface area is 183 Å². The lowest BCUT2D eigenvalue weighted by Crippen LogP contribution is -2.18. The number of esters is 1. The number of non-ortho nitro benzene ring substituents is 1. The molecule has 3 aromatic rings. The maximum Gasteiger partial charge on any atom is 0.343 e. The summed E-state index contributed by atoms with van der Waals surface area (Å²) in [6, 6.07) is 17.1. The van der Waals surface area contributed by atoms with Crippen LogP contribution in [0.5, 0.6) is 11.5 Å². The molecule has 0 unspecified atom stereocenters. The molecule has 0 aliphatic rings. The van der Waals surface area contributed by atoms with Gasteiger partial charge in [-0.05, 0) is 48.4 Å². The Bertz CT molecular complexity index is 1210. The maximum absolute atomic E-state index is 12.4. The van der Waals surface area contributed by atoms with Gasteiger partial charge < -0.3 is 9.47 Å². The molecule has 0 aliphatic heterocycles. The van der Waals surface area contributed by atoms with Crippen LogP contribution in [0.1, 0.15) is 31.8 Å². The molecule has 0 aromatic heterocycles. The highest BCUT2D eigenvalue weighted by atomic mass is 16.6. The highest BCUT2D eigenvalue weighted by Crippen LogP contribution is 2.28. The molecule has 9 heteroatoms. The summed E-state index contributed by atoms with van der Waals surface area (Å²) < 4.78 is 10.6. The molecule has 32 heavy (non-hydrogen) atoms. The normalized spacial score (nSPS) is 10.6. The van der Waals surface area contributed by atoms with Crippen molar-refractivity contribution in [1.82, 2.24) is 5.43 Å². The van der Waals surface area contributed by atoms with E-state index in [2.05, 4.69) is 10.5 Å². The number of carbonyl (C=O) groups is 2. The quantitative estimate of drug-likeness (QED) is 0.198. The number of nitrogens with zero attached hydrogens (tertiary/aromatic N) is 2. The molecule has 9 nitrogen and oxygen atoms in total. The topological polar surface area (TPSA) is 120 Å². The fraction of sp³-hybridized carbons (Fsp3) is 0.0870. The molecule has 0 atom stereocenters. The van der Waals surface area contributed by atoms with Crippen molar-refractivity contribution < 1.29 is 24.0 Å². The molecule has 162 valence electrons. The monoisotopic (exact) mass is 433 g/mol. The molecule has 0 aliphatic carbocycles. The second kappa shape index (κ2) is 9.98. The van der Waals surface area contributed by atoms with Crippen LogP contribution in [0.2, 0.25) is 0 Å². The Kier molecular flexibility index (Phi) is 6.92. The number of ether oxygens (including phenoxy) is 2. The number of hydrazone groups is 1. The molecule has 0 heterocycles. The second-order valence-electron chi connectivity index (χ2n) is 6.62. The van der Waals surface area contributed by atoms with E-state index < -0.39 is 10.9 Å². The number of hydrogen-bond acceptors (Lipinski definition) is 7. The Balaban J connectivity index is 1.70. The molecule has 1 N–H and O–H groups in total. The minimum Gasteiger partial charge on any atom is -0.493 e. The van der Waals surface area contributed by atoms with Crippen LogP contribution >= 0.6 is 0 Å². The molecular weight excluding hydrogens is 414 g/mol. The van der Waals surface area contributed by atoms with Gasteiger partial charge in [0, 0.05) is 17.7 Å². The fourth-order valence-electron chi connectivity index (χ4n) is 2.81. The number of methoxy groups -OCH3 is 1. The van der Waals surface area contributed by atoms with E-state index in [9.17, 15) is 19.7 Å². The van der Waals surface area contributed by atoms with Crippen LogP contribution in [0.3, 0.4) is 0 Å². The lowest BCUT2D eigenvalue weighted by atomic mass is 10.1. The summed E-state index contributed by atoms with van der Waals surface area (Å²) in [5.74, 6) is -0.726. The van der Waals surface area contributed by atoms with Crippen LogP contribution in [0, 0.1) is 17.0 Å². The number of nitro groups is 1. The molecule has 0 bridgehead atoms. The van der Waals surface area contributed by atoms with E-state index in [1.54, 1.807) is 24.3 Å². The van der Waals surface area contributed by atoms with Gasteiger partial charge in [-0.15, -0.1) is 0 Å². The first kappa shape index (κ1) is 22.2. The van der Waals surface area contributed by atoms with Gasteiger partial charge in [-0.1, -0.05) is 24.3 Å². The Morgan fingerprint density at radius 2 is 1.81 bits per heavy atom. The van der Waals surface area contributed by atoms with Crippen LogP contribution in [0.15, 0.2) is 71.8 Å². The van der Waals surface area contributed by atoms with Crippen molar-refractivity contribution in [3.05, 3.63) is 99.1 Å². The summed E-state index contributed by atoms with van der Waals surface area (Å²) in [6.07, 6.45) is 1.42. The van der Waals surface area contributed by atoms with E-state index in [0.717, 1.165) is 11.6 Å². The third kappa shape index (κ3) is 5.33. The summed E-state index contributed by atoms with van der Waals surface area (Å²) >= 11 is 0. The largest absolute Gasteiger partial charge is 0.493 e. The molecule has 0 fully saturated rings. The van der Waals surface area contributed by atoms with Crippen LogP contribution in [-0.2, 0) is 0 Å². The van der Waals surface area contributed by atoms with Crippen molar-refractivity contribution in [3.63, 3.8) is 0 Å². The van der Waals surface area contributed by atoms with Crippen molar-refractivity contribution in [2.45, 2.75) is 6.92 Å². The lowest BCUT2D eigenvalue weighted by molar-refractivity contribution is -0.384. The number of hydrogen-bond donors (Lipinski definition) is 1. The fourth-order valence-corrected chi connectivity index (χ4v) is 2.81. The lowest BCUT2D eigenvalue weighted by Gasteiger charge is -2.10. The minimum atomic E-state index is -0.765. The van der Waals surface area contributed by atoms with Crippen LogP contribution < -0.4 is 14.9 Å². The smallest absolute Gasteiger partial charge is 0.343 e. The van der Waals surface area contributed by atoms with Crippen molar-refractivity contribution in [1.29, 1.82) is 0 Å². The molecule has 0 radical (unpaired) electrons. The van der Waals surface area contributed by atoms with Gasteiger partial charge in [-0.25, -0.2) is 10.2 Å². The Hall–Kier alpha value is -4.53. The zero-order valence-corrected chi connectivity index (χ0v) is 17.3. The van der Waals surface area contributed by atoms with Gasteiger partial charge in [-0.2, -0.15) is 5.10 Å². The molecule has 0 saturated carbocycles. The molecular formula is C23H19N3O6. The highest BCUT2D eigenvalue weighted by molar-refractivity contribution is 5.96. The van der Waals surface area contributed by atoms with Gasteiger partial charge in [0.2, 0.25) is 0 Å². The van der Waals surface area contributed by atoms with Gasteiger partial charge in [-0.3, -0.25) is 14.9 Å². The van der Waals surface area contributed by atoms with E-state index in [1.165, 1.54) is 37.6 Å². The first-order chi connectivity index (χ1) is 15.4. The number of rotatable bonds is 7. The van der Waals surface area contributed by atoms with E-state index in [0.29, 0.717) is 11.1 Å². The summed E-state index contributed by atoms with van der Waals surface area (Å²) in [7, 11) is 1.40. The highest BCUT2D eigenvalue weighted by Gasteiger charge is 2.16. The number of nitro benzene ring substituents is 1. The van der Waals surface area contributed by atoms with Crippen molar-refractivity contribution >= 4 is 23.8 Å². The number of carbonyl (C=O) groups excluding carboxylic acids is 2. The molecule has 0 saturated heterocycles. The molecule has 0 spiro atoms. The van der Waals surface area contributed by atoms with E-state index >= 15 is 0 Å². The summed E-state index contributed by atoms with van der Waals surface area (Å²) in [5, 5.41) is 14.8. The summed E-state index contributed by atoms with van der Waals surface area (Å²) in [5.41, 5.74) is 4.21. The SMILES string of the molecule is COc1cc(/C=N/NC(=O)c2ccccc2C)ccc1OC(=O)c1cccc([N+](=O)[O-])c1. The zero-order chi connectivity index (χ0) is 23.1. The zero-order valence-electron chi connectivity index (χ0n) is 17.3. The minimum absolute atomic E-state index is 0.0332. The Morgan fingerprint density at radius 3 is 2.53 bits per heavy atom. The molecule has 1 amide bonds. The number of benzene rings is 3. The summed E-state index contributed by atoms with van der Waals surface area (Å²) in [6.45, 7) is 1.83. The number of aryl methyl sites for hydroxylation is 1. The predicted molar refractivity (Wildman–Crippen MR) is 117 cm³/mol. The standard InChI is InChI=1S/C23H19N3O6/c1-15-6-3-4-9-19(15)22(27)25-24-14-16-10-11-20(21(12-16)31-2)32-23(28)17-7-5-8-18(13-17)26(29)30/h3-14H,1-2H3,(H,25,27)/b24-14+. The Morgan fingerprint density at radius 1 is 1.03 bits per heavy atom. The molecule has 3 aromatic carbocycles. The first-order valence-corrected chi connectivity index (χ1v) is 9.42. The third-order valence-electron chi connectivity index (χ3n) is 4.45. The average Bonchev–Trinajstić information content (AvgIpc) is 2.80. The second-order valence-corrected chi connectivity index (χ2v) is 6.62. The average molecular weight is 433 g/mol. The number of amides is 1. The van der Waals surface area contributed by atoms with Crippen LogP contribution in [-0.4, -0.2) is 30.1 Å². The van der Waals surface area contributed by atoms with E-state index in [-0.39, 0.29) is 28.7 Å².